The second-order valence-electron chi connectivity index (χ2n) is 6.93. The van der Waals surface area contributed by atoms with Crippen LogP contribution in [0, 0.1) is 0 Å². The van der Waals surface area contributed by atoms with Crippen LogP contribution < -0.4 is 5.32 Å². The number of benzene rings is 3. The highest BCUT2D eigenvalue weighted by Crippen LogP contribution is 2.22. The molecule has 0 aliphatic rings. The average molecular weight is 402 g/mol. The highest BCUT2D eigenvalue weighted by molar-refractivity contribution is 8.00. The zero-order valence-electron chi connectivity index (χ0n) is 16.3. The summed E-state index contributed by atoms with van der Waals surface area (Å²) in [6.07, 6.45) is 1.84. The van der Waals surface area contributed by atoms with Crippen molar-refractivity contribution >= 4 is 34.4 Å². The summed E-state index contributed by atoms with van der Waals surface area (Å²) < 4.78 is 2.13. The zero-order chi connectivity index (χ0) is 20.1. The van der Waals surface area contributed by atoms with E-state index in [0.717, 1.165) is 40.3 Å². The molecule has 146 valence electrons. The Labute approximate surface area is 175 Å². The third kappa shape index (κ3) is 4.87. The number of carbonyl (C=O) groups excluding carboxylic acids is 1. The first-order valence-corrected chi connectivity index (χ1v) is 10.6. The number of fused-ring (bicyclic) bond motifs is 1. The van der Waals surface area contributed by atoms with Gasteiger partial charge in [0.25, 0.3) is 0 Å². The van der Waals surface area contributed by atoms with Crippen LogP contribution in [0.4, 0.5) is 5.69 Å². The summed E-state index contributed by atoms with van der Waals surface area (Å²) in [5, 5.41) is 2.98. The number of hydrogen-bond acceptors (Lipinski definition) is 3. The summed E-state index contributed by atoms with van der Waals surface area (Å²) in [4.78, 5) is 18.2. The standard InChI is InChI=1S/C24H23N3OS/c1-27-22-14-13-19(25-24(28)17-29-20-10-6-3-7-11-20)16-21(22)26-23(27)15-12-18-8-4-2-5-9-18/h2-11,13-14,16H,12,15,17H2,1H3,(H,25,28). The van der Waals surface area contributed by atoms with Gasteiger partial charge in [-0.1, -0.05) is 48.5 Å². The van der Waals surface area contributed by atoms with Crippen molar-refractivity contribution in [1.29, 1.82) is 0 Å². The van der Waals surface area contributed by atoms with Crippen molar-refractivity contribution in [1.82, 2.24) is 9.55 Å². The van der Waals surface area contributed by atoms with Crippen LogP contribution in [-0.2, 0) is 24.7 Å². The van der Waals surface area contributed by atoms with Crippen molar-refractivity contribution in [2.45, 2.75) is 17.7 Å². The number of anilines is 1. The molecular formula is C24H23N3OS. The molecule has 4 nitrogen and oxygen atoms in total. The van der Waals surface area contributed by atoms with E-state index in [9.17, 15) is 4.79 Å². The van der Waals surface area contributed by atoms with Crippen molar-refractivity contribution in [3.63, 3.8) is 0 Å². The van der Waals surface area contributed by atoms with Crippen LogP contribution in [0.3, 0.4) is 0 Å². The number of carbonyl (C=O) groups is 1. The van der Waals surface area contributed by atoms with E-state index in [2.05, 4.69) is 34.1 Å². The largest absolute Gasteiger partial charge is 0.331 e. The number of rotatable bonds is 7. The van der Waals surface area contributed by atoms with Gasteiger partial charge in [0.2, 0.25) is 5.91 Å². The quantitative estimate of drug-likeness (QED) is 0.439. The molecule has 1 heterocycles. The Balaban J connectivity index is 1.41. The van der Waals surface area contributed by atoms with E-state index < -0.39 is 0 Å². The number of nitrogens with zero attached hydrogens (tertiary/aromatic N) is 2. The molecule has 1 aromatic heterocycles. The topological polar surface area (TPSA) is 46.9 Å². The molecule has 0 unspecified atom stereocenters. The van der Waals surface area contributed by atoms with Crippen molar-refractivity contribution in [3.8, 4) is 0 Å². The lowest BCUT2D eigenvalue weighted by Crippen LogP contribution is -2.13. The molecule has 0 atom stereocenters. The highest BCUT2D eigenvalue weighted by Gasteiger charge is 2.10. The Morgan fingerprint density at radius 3 is 2.45 bits per heavy atom. The smallest absolute Gasteiger partial charge is 0.234 e. The molecule has 0 aliphatic carbocycles. The Kier molecular flexibility index (Phi) is 5.96. The molecule has 0 aliphatic heterocycles. The Morgan fingerprint density at radius 1 is 0.966 bits per heavy atom. The van der Waals surface area contributed by atoms with Gasteiger partial charge < -0.3 is 9.88 Å². The Morgan fingerprint density at radius 2 is 1.69 bits per heavy atom. The third-order valence-electron chi connectivity index (χ3n) is 4.85. The summed E-state index contributed by atoms with van der Waals surface area (Å²) in [6, 6.07) is 26.3. The predicted octanol–water partition coefficient (Wildman–Crippen LogP) is 5.09. The monoisotopic (exact) mass is 401 g/mol. The molecular weight excluding hydrogens is 378 g/mol. The van der Waals surface area contributed by atoms with Crippen molar-refractivity contribution in [2.24, 2.45) is 7.05 Å². The molecule has 0 spiro atoms. The van der Waals surface area contributed by atoms with E-state index in [-0.39, 0.29) is 5.91 Å². The lowest BCUT2D eigenvalue weighted by molar-refractivity contribution is -0.113. The van der Waals surface area contributed by atoms with E-state index >= 15 is 0 Å². The summed E-state index contributed by atoms with van der Waals surface area (Å²) in [5.41, 5.74) is 4.07. The molecule has 5 heteroatoms. The van der Waals surface area contributed by atoms with Crippen molar-refractivity contribution < 1.29 is 4.79 Å². The van der Waals surface area contributed by atoms with Crippen LogP contribution in [0.5, 0.6) is 0 Å². The van der Waals surface area contributed by atoms with Crippen molar-refractivity contribution in [2.75, 3.05) is 11.1 Å². The van der Waals surface area contributed by atoms with Gasteiger partial charge in [-0.05, 0) is 42.3 Å². The van der Waals surface area contributed by atoms with Crippen LogP contribution in [-0.4, -0.2) is 21.2 Å². The molecule has 0 fully saturated rings. The minimum absolute atomic E-state index is 0.0153. The maximum absolute atomic E-state index is 12.3. The van der Waals surface area contributed by atoms with Crippen LogP contribution in [0.25, 0.3) is 11.0 Å². The molecule has 0 radical (unpaired) electrons. The second-order valence-corrected chi connectivity index (χ2v) is 7.97. The molecule has 0 saturated heterocycles. The predicted molar refractivity (Wildman–Crippen MR) is 120 cm³/mol. The van der Waals surface area contributed by atoms with E-state index in [1.54, 1.807) is 0 Å². The van der Waals surface area contributed by atoms with Crippen LogP contribution in [0.15, 0.2) is 83.8 Å². The SMILES string of the molecule is Cn1c(CCc2ccccc2)nc2cc(NC(=O)CSc3ccccc3)ccc21. The zero-order valence-corrected chi connectivity index (χ0v) is 17.2. The summed E-state index contributed by atoms with van der Waals surface area (Å²) in [7, 11) is 2.05. The van der Waals surface area contributed by atoms with Gasteiger partial charge in [0.1, 0.15) is 5.82 Å². The minimum atomic E-state index is -0.0153. The Hall–Kier alpha value is -3.05. The van der Waals surface area contributed by atoms with Gasteiger partial charge in [0.05, 0.1) is 16.8 Å². The fraction of sp³-hybridized carbons (Fsp3) is 0.167. The van der Waals surface area contributed by atoms with E-state index in [0.29, 0.717) is 5.75 Å². The fourth-order valence-electron chi connectivity index (χ4n) is 3.31. The lowest BCUT2D eigenvalue weighted by Gasteiger charge is -2.06. The van der Waals surface area contributed by atoms with E-state index in [1.165, 1.54) is 17.3 Å². The highest BCUT2D eigenvalue weighted by atomic mass is 32.2. The number of nitrogens with one attached hydrogen (secondary N) is 1. The van der Waals surface area contributed by atoms with Gasteiger partial charge in [-0.25, -0.2) is 4.98 Å². The van der Waals surface area contributed by atoms with Gasteiger partial charge in [-0.15, -0.1) is 11.8 Å². The first-order chi connectivity index (χ1) is 14.2. The second kappa shape index (κ2) is 8.97. The molecule has 4 rings (SSSR count). The molecule has 29 heavy (non-hydrogen) atoms. The number of thioether (sulfide) groups is 1. The van der Waals surface area contributed by atoms with Crippen LogP contribution in [0.1, 0.15) is 11.4 Å². The number of aromatic nitrogens is 2. The maximum atomic E-state index is 12.3. The van der Waals surface area contributed by atoms with Crippen molar-refractivity contribution in [3.05, 3.63) is 90.3 Å². The summed E-state index contributed by atoms with van der Waals surface area (Å²) in [5.74, 6) is 1.41. The normalized spacial score (nSPS) is 10.9. The average Bonchev–Trinajstić information content (AvgIpc) is 3.07. The molecule has 0 saturated carbocycles. The first-order valence-electron chi connectivity index (χ1n) is 9.66. The molecule has 1 N–H and O–H groups in total. The third-order valence-corrected chi connectivity index (χ3v) is 5.86. The van der Waals surface area contributed by atoms with E-state index in [4.69, 9.17) is 4.98 Å². The minimum Gasteiger partial charge on any atom is -0.331 e. The number of amides is 1. The summed E-state index contributed by atoms with van der Waals surface area (Å²) in [6.45, 7) is 0. The molecule has 3 aromatic carbocycles. The van der Waals surface area contributed by atoms with Gasteiger partial charge in [0, 0.05) is 24.1 Å². The summed E-state index contributed by atoms with van der Waals surface area (Å²) >= 11 is 1.53. The van der Waals surface area contributed by atoms with E-state index in [1.807, 2.05) is 61.6 Å². The van der Waals surface area contributed by atoms with Gasteiger partial charge in [0.15, 0.2) is 0 Å². The molecule has 1 amide bonds. The molecule has 0 bridgehead atoms. The van der Waals surface area contributed by atoms with Gasteiger partial charge in [-0.2, -0.15) is 0 Å². The first kappa shape index (κ1) is 19.3. The van der Waals surface area contributed by atoms with Crippen LogP contribution in [0.2, 0.25) is 0 Å². The van der Waals surface area contributed by atoms with Gasteiger partial charge in [-0.3, -0.25) is 4.79 Å². The molecule has 4 aromatic rings. The maximum Gasteiger partial charge on any atom is 0.234 e. The number of imidazole rings is 1. The number of aryl methyl sites for hydroxylation is 3. The number of hydrogen-bond donors (Lipinski definition) is 1. The van der Waals surface area contributed by atoms with Crippen LogP contribution >= 0.6 is 11.8 Å². The fourth-order valence-corrected chi connectivity index (χ4v) is 4.03. The Bertz CT molecular complexity index is 1110. The lowest BCUT2D eigenvalue weighted by atomic mass is 10.1. The van der Waals surface area contributed by atoms with Gasteiger partial charge >= 0.3 is 0 Å².